The fourth-order valence-electron chi connectivity index (χ4n) is 2.13. The fraction of sp³-hybridized carbons (Fsp3) is 0.500. The van der Waals surface area contributed by atoms with E-state index >= 15 is 0 Å². The number of hydrogen-bond donors (Lipinski definition) is 1. The summed E-state index contributed by atoms with van der Waals surface area (Å²) < 4.78 is 19.7. The van der Waals surface area contributed by atoms with Crippen LogP contribution >= 0.6 is 15.9 Å². The molecule has 0 atom stereocenters. The van der Waals surface area contributed by atoms with Crippen molar-refractivity contribution >= 4 is 21.7 Å². The van der Waals surface area contributed by atoms with Crippen LogP contribution in [0.3, 0.4) is 0 Å². The molecule has 2 rings (SSSR count). The van der Waals surface area contributed by atoms with E-state index in [9.17, 15) is 9.18 Å². The number of piperidine rings is 1. The minimum Gasteiger partial charge on any atom is -0.378 e. The van der Waals surface area contributed by atoms with Gasteiger partial charge in [-0.1, -0.05) is 6.07 Å². The molecule has 1 aliphatic rings. The van der Waals surface area contributed by atoms with Crippen molar-refractivity contribution in [1.29, 1.82) is 0 Å². The topological polar surface area (TPSA) is 38.3 Å². The van der Waals surface area contributed by atoms with Crippen LogP contribution < -0.4 is 5.32 Å². The van der Waals surface area contributed by atoms with Gasteiger partial charge in [0.2, 0.25) is 0 Å². The highest BCUT2D eigenvalue weighted by atomic mass is 79.9. The number of Topliss-reactive ketones (excluding diaryl/α,β-unsaturated/α-hetero) is 1. The van der Waals surface area contributed by atoms with Crippen LogP contribution in [-0.2, 0) is 4.74 Å². The van der Waals surface area contributed by atoms with E-state index in [0.29, 0.717) is 11.1 Å². The van der Waals surface area contributed by atoms with Gasteiger partial charge in [0, 0.05) is 6.42 Å². The van der Waals surface area contributed by atoms with Gasteiger partial charge in [0.15, 0.2) is 5.78 Å². The highest BCUT2D eigenvalue weighted by Gasteiger charge is 2.16. The zero-order chi connectivity index (χ0) is 13.7. The Morgan fingerprint density at radius 1 is 1.42 bits per heavy atom. The molecule has 0 amide bonds. The maximum Gasteiger partial charge on any atom is 0.168 e. The summed E-state index contributed by atoms with van der Waals surface area (Å²) in [6.07, 6.45) is 2.39. The molecule has 1 heterocycles. The molecule has 1 aliphatic heterocycles. The van der Waals surface area contributed by atoms with Crippen molar-refractivity contribution in [3.05, 3.63) is 34.1 Å². The summed E-state index contributed by atoms with van der Waals surface area (Å²) in [4.78, 5) is 11.9. The van der Waals surface area contributed by atoms with Crippen LogP contribution in [-0.4, -0.2) is 31.6 Å². The highest BCUT2D eigenvalue weighted by molar-refractivity contribution is 9.10. The molecule has 3 nitrogen and oxygen atoms in total. The largest absolute Gasteiger partial charge is 0.378 e. The standard InChI is InChI=1S/C14H17BrFNO2/c15-12-3-1-2-11(14(12)16)13(18)6-9-19-10-4-7-17-8-5-10/h1-3,10,17H,4-9H2. The average molecular weight is 330 g/mol. The summed E-state index contributed by atoms with van der Waals surface area (Å²) in [5, 5.41) is 3.25. The monoisotopic (exact) mass is 329 g/mol. The Hall–Kier alpha value is -0.780. The van der Waals surface area contributed by atoms with Crippen molar-refractivity contribution in [2.45, 2.75) is 25.4 Å². The van der Waals surface area contributed by atoms with Crippen LogP contribution in [0, 0.1) is 5.82 Å². The van der Waals surface area contributed by atoms with Crippen LogP contribution in [0.25, 0.3) is 0 Å². The number of ketones is 1. The minimum absolute atomic E-state index is 0.128. The van der Waals surface area contributed by atoms with Crippen molar-refractivity contribution < 1.29 is 13.9 Å². The summed E-state index contributed by atoms with van der Waals surface area (Å²) in [5.41, 5.74) is 0.128. The molecule has 1 N–H and O–H groups in total. The summed E-state index contributed by atoms with van der Waals surface area (Å²) in [6.45, 7) is 2.27. The molecule has 0 aromatic heterocycles. The van der Waals surface area contributed by atoms with Crippen molar-refractivity contribution in [1.82, 2.24) is 5.32 Å². The van der Waals surface area contributed by atoms with E-state index in [1.807, 2.05) is 0 Å². The third-order valence-corrected chi connectivity index (χ3v) is 3.83. The molecule has 19 heavy (non-hydrogen) atoms. The molecular formula is C14H17BrFNO2. The second kappa shape index (κ2) is 7.12. The lowest BCUT2D eigenvalue weighted by atomic mass is 10.1. The van der Waals surface area contributed by atoms with E-state index in [1.54, 1.807) is 12.1 Å². The van der Waals surface area contributed by atoms with Crippen molar-refractivity contribution in [3.8, 4) is 0 Å². The first kappa shape index (κ1) is 14.6. The summed E-state index contributed by atoms with van der Waals surface area (Å²) in [6, 6.07) is 4.75. The number of halogens is 2. The molecule has 1 saturated heterocycles. The maximum absolute atomic E-state index is 13.7. The molecule has 104 valence electrons. The maximum atomic E-state index is 13.7. The van der Waals surface area contributed by atoms with Crippen LogP contribution in [0.15, 0.2) is 22.7 Å². The van der Waals surface area contributed by atoms with E-state index in [0.717, 1.165) is 25.9 Å². The predicted molar refractivity (Wildman–Crippen MR) is 74.9 cm³/mol. The zero-order valence-corrected chi connectivity index (χ0v) is 12.2. The number of rotatable bonds is 5. The smallest absolute Gasteiger partial charge is 0.168 e. The van der Waals surface area contributed by atoms with Gasteiger partial charge in [-0.05, 0) is 54.0 Å². The number of carbonyl (C=O) groups is 1. The van der Waals surface area contributed by atoms with Crippen LogP contribution in [0.1, 0.15) is 29.6 Å². The first-order chi connectivity index (χ1) is 9.18. The Labute approximate surface area is 120 Å². The lowest BCUT2D eigenvalue weighted by molar-refractivity contribution is 0.0313. The lowest BCUT2D eigenvalue weighted by Crippen LogP contribution is -2.32. The molecule has 0 bridgehead atoms. The zero-order valence-electron chi connectivity index (χ0n) is 10.6. The van der Waals surface area contributed by atoms with Crippen LogP contribution in [0.5, 0.6) is 0 Å². The molecule has 0 saturated carbocycles. The van der Waals surface area contributed by atoms with E-state index in [1.165, 1.54) is 6.07 Å². The summed E-state index contributed by atoms with van der Waals surface area (Å²) >= 11 is 3.08. The second-order valence-corrected chi connectivity index (χ2v) is 5.45. The first-order valence-corrected chi connectivity index (χ1v) is 7.27. The molecule has 0 radical (unpaired) electrons. The van der Waals surface area contributed by atoms with Gasteiger partial charge in [0.1, 0.15) is 5.82 Å². The van der Waals surface area contributed by atoms with Gasteiger partial charge in [-0.2, -0.15) is 0 Å². The van der Waals surface area contributed by atoms with E-state index in [2.05, 4.69) is 21.2 Å². The third kappa shape index (κ3) is 4.09. The van der Waals surface area contributed by atoms with Crippen molar-refractivity contribution in [2.75, 3.05) is 19.7 Å². The van der Waals surface area contributed by atoms with Gasteiger partial charge in [-0.25, -0.2) is 4.39 Å². The Balaban J connectivity index is 1.82. The molecular weight excluding hydrogens is 313 g/mol. The molecule has 0 spiro atoms. The Bertz CT molecular complexity index is 447. The van der Waals surface area contributed by atoms with E-state index in [-0.39, 0.29) is 23.9 Å². The Morgan fingerprint density at radius 2 is 2.16 bits per heavy atom. The fourth-order valence-corrected chi connectivity index (χ4v) is 2.50. The number of nitrogens with one attached hydrogen (secondary N) is 1. The molecule has 1 fully saturated rings. The number of ether oxygens (including phenoxy) is 1. The quantitative estimate of drug-likeness (QED) is 0.844. The van der Waals surface area contributed by atoms with Crippen LogP contribution in [0.4, 0.5) is 4.39 Å². The SMILES string of the molecule is O=C(CCOC1CCNCC1)c1cccc(Br)c1F. The highest BCUT2D eigenvalue weighted by Crippen LogP contribution is 2.20. The van der Waals surface area contributed by atoms with Crippen molar-refractivity contribution in [2.24, 2.45) is 0 Å². The summed E-state index contributed by atoms with van der Waals surface area (Å²) in [5.74, 6) is -0.706. The third-order valence-electron chi connectivity index (χ3n) is 3.22. The van der Waals surface area contributed by atoms with Gasteiger partial charge < -0.3 is 10.1 Å². The molecule has 0 unspecified atom stereocenters. The molecule has 1 aromatic rings. The van der Waals surface area contributed by atoms with Gasteiger partial charge in [0.05, 0.1) is 22.7 Å². The molecule has 1 aromatic carbocycles. The van der Waals surface area contributed by atoms with Crippen LogP contribution in [0.2, 0.25) is 0 Å². The summed E-state index contributed by atoms with van der Waals surface area (Å²) in [7, 11) is 0. The Kier molecular flexibility index (Phi) is 5.48. The van der Waals surface area contributed by atoms with E-state index < -0.39 is 5.82 Å². The Morgan fingerprint density at radius 3 is 2.89 bits per heavy atom. The number of carbonyl (C=O) groups excluding carboxylic acids is 1. The predicted octanol–water partition coefficient (Wildman–Crippen LogP) is 2.93. The molecule has 5 heteroatoms. The van der Waals surface area contributed by atoms with Gasteiger partial charge in [-0.3, -0.25) is 4.79 Å². The normalized spacial score (nSPS) is 16.5. The van der Waals surface area contributed by atoms with Gasteiger partial charge in [-0.15, -0.1) is 0 Å². The van der Waals surface area contributed by atoms with Gasteiger partial charge in [0.25, 0.3) is 0 Å². The second-order valence-electron chi connectivity index (χ2n) is 4.59. The van der Waals surface area contributed by atoms with Gasteiger partial charge >= 0.3 is 0 Å². The molecule has 0 aliphatic carbocycles. The first-order valence-electron chi connectivity index (χ1n) is 6.48. The minimum atomic E-state index is -0.491. The van der Waals surface area contributed by atoms with E-state index in [4.69, 9.17) is 4.74 Å². The lowest BCUT2D eigenvalue weighted by Gasteiger charge is -2.22. The number of benzene rings is 1. The number of hydrogen-bond acceptors (Lipinski definition) is 3. The average Bonchev–Trinajstić information content (AvgIpc) is 2.43. The van der Waals surface area contributed by atoms with Crippen molar-refractivity contribution in [3.63, 3.8) is 0 Å².